The minimum atomic E-state index is -0.800. The lowest BCUT2D eigenvalue weighted by molar-refractivity contribution is -0.150. The lowest BCUT2D eigenvalue weighted by atomic mass is 10.0. The number of halogens is 1. The third-order valence-corrected chi connectivity index (χ3v) is 3.78. The standard InChI is InChI=1S/C20H17FO5/c1-3-24-20(23)12(2)25-15-7-8-16-17(11-19(22)26-18(16)10-15)13-5-4-6-14(21)9-13/h4-12H,3H2,1-2H3. The monoisotopic (exact) mass is 356 g/mol. The van der Waals surface area contributed by atoms with Crippen LogP contribution >= 0.6 is 0 Å². The van der Waals surface area contributed by atoms with Crippen LogP contribution in [-0.4, -0.2) is 18.7 Å². The highest BCUT2D eigenvalue weighted by Crippen LogP contribution is 2.30. The molecule has 1 aromatic heterocycles. The van der Waals surface area contributed by atoms with Gasteiger partial charge in [0, 0.05) is 17.5 Å². The molecule has 2 aromatic carbocycles. The van der Waals surface area contributed by atoms with Crippen LogP contribution in [0.3, 0.4) is 0 Å². The van der Waals surface area contributed by atoms with E-state index < -0.39 is 23.5 Å². The van der Waals surface area contributed by atoms with Crippen LogP contribution in [0, 0.1) is 5.82 Å². The summed E-state index contributed by atoms with van der Waals surface area (Å²) in [7, 11) is 0. The van der Waals surface area contributed by atoms with Gasteiger partial charge in [-0.05, 0) is 49.2 Å². The van der Waals surface area contributed by atoms with Crippen molar-refractivity contribution in [2.45, 2.75) is 20.0 Å². The molecule has 0 saturated carbocycles. The van der Waals surface area contributed by atoms with E-state index in [0.29, 0.717) is 22.3 Å². The summed E-state index contributed by atoms with van der Waals surface area (Å²) in [5, 5.41) is 0.631. The normalized spacial score (nSPS) is 12.0. The molecule has 0 aliphatic carbocycles. The maximum Gasteiger partial charge on any atom is 0.347 e. The Bertz CT molecular complexity index is 1010. The van der Waals surface area contributed by atoms with Crippen molar-refractivity contribution in [3.63, 3.8) is 0 Å². The summed E-state index contributed by atoms with van der Waals surface area (Å²) in [5.74, 6) is -0.521. The smallest absolute Gasteiger partial charge is 0.347 e. The molecule has 0 N–H and O–H groups in total. The van der Waals surface area contributed by atoms with Gasteiger partial charge in [-0.15, -0.1) is 0 Å². The second kappa shape index (κ2) is 7.39. The van der Waals surface area contributed by atoms with E-state index in [-0.39, 0.29) is 12.2 Å². The number of fused-ring (bicyclic) bond motifs is 1. The molecule has 5 nitrogen and oxygen atoms in total. The van der Waals surface area contributed by atoms with Crippen LogP contribution in [0.4, 0.5) is 4.39 Å². The Labute approximate surface area is 149 Å². The van der Waals surface area contributed by atoms with E-state index in [2.05, 4.69) is 0 Å². The molecule has 0 aliphatic heterocycles. The van der Waals surface area contributed by atoms with Gasteiger partial charge < -0.3 is 13.9 Å². The quantitative estimate of drug-likeness (QED) is 0.512. The average molecular weight is 356 g/mol. The molecule has 1 unspecified atom stereocenters. The molecule has 26 heavy (non-hydrogen) atoms. The molecule has 1 heterocycles. The molecule has 0 bridgehead atoms. The van der Waals surface area contributed by atoms with Gasteiger partial charge in [0.2, 0.25) is 0 Å². The van der Waals surface area contributed by atoms with Gasteiger partial charge in [-0.2, -0.15) is 0 Å². The Morgan fingerprint density at radius 3 is 2.73 bits per heavy atom. The van der Waals surface area contributed by atoms with E-state index in [1.54, 1.807) is 38.1 Å². The maximum atomic E-state index is 13.5. The predicted octanol–water partition coefficient (Wildman–Crippen LogP) is 3.93. The van der Waals surface area contributed by atoms with Crippen molar-refractivity contribution in [3.05, 3.63) is 64.8 Å². The van der Waals surface area contributed by atoms with E-state index in [0.717, 1.165) is 0 Å². The zero-order chi connectivity index (χ0) is 18.7. The highest BCUT2D eigenvalue weighted by atomic mass is 19.1. The minimum absolute atomic E-state index is 0.260. The SMILES string of the molecule is CCOC(=O)C(C)Oc1ccc2c(-c3cccc(F)c3)cc(=O)oc2c1. The summed E-state index contributed by atoms with van der Waals surface area (Å²) >= 11 is 0. The second-order valence-electron chi connectivity index (χ2n) is 5.66. The molecule has 0 aliphatic rings. The van der Waals surface area contributed by atoms with Crippen molar-refractivity contribution in [2.75, 3.05) is 6.61 Å². The first kappa shape index (κ1) is 17.7. The number of esters is 1. The molecule has 1 atom stereocenters. The Hall–Kier alpha value is -3.15. The molecule has 0 radical (unpaired) electrons. The molecule has 0 spiro atoms. The lowest BCUT2D eigenvalue weighted by Crippen LogP contribution is -2.26. The number of rotatable bonds is 5. The predicted molar refractivity (Wildman–Crippen MR) is 94.6 cm³/mol. The fourth-order valence-electron chi connectivity index (χ4n) is 2.62. The number of benzene rings is 2. The zero-order valence-electron chi connectivity index (χ0n) is 14.3. The number of hydrogen-bond donors (Lipinski definition) is 0. The van der Waals surface area contributed by atoms with Gasteiger partial charge in [0.05, 0.1) is 6.61 Å². The molecule has 3 aromatic rings. The summed E-state index contributed by atoms with van der Waals surface area (Å²) < 4.78 is 29.2. The van der Waals surface area contributed by atoms with Crippen LogP contribution in [-0.2, 0) is 9.53 Å². The Kier molecular flexibility index (Phi) is 5.02. The first-order valence-corrected chi connectivity index (χ1v) is 8.15. The third kappa shape index (κ3) is 3.74. The van der Waals surface area contributed by atoms with E-state index in [1.165, 1.54) is 24.3 Å². The first-order chi connectivity index (χ1) is 12.5. The van der Waals surface area contributed by atoms with E-state index >= 15 is 0 Å². The highest BCUT2D eigenvalue weighted by molar-refractivity contribution is 5.93. The number of hydrogen-bond acceptors (Lipinski definition) is 5. The number of carbonyl (C=O) groups excluding carboxylic acids is 1. The fraction of sp³-hybridized carbons (Fsp3) is 0.200. The van der Waals surface area contributed by atoms with Gasteiger partial charge in [0.15, 0.2) is 6.10 Å². The van der Waals surface area contributed by atoms with Gasteiger partial charge in [-0.3, -0.25) is 0 Å². The second-order valence-corrected chi connectivity index (χ2v) is 5.66. The van der Waals surface area contributed by atoms with Crippen LogP contribution < -0.4 is 10.4 Å². The maximum absolute atomic E-state index is 13.5. The van der Waals surface area contributed by atoms with Crippen molar-refractivity contribution in [1.29, 1.82) is 0 Å². The molecular formula is C20H17FO5. The average Bonchev–Trinajstić information content (AvgIpc) is 2.61. The van der Waals surface area contributed by atoms with Crippen LogP contribution in [0.2, 0.25) is 0 Å². The van der Waals surface area contributed by atoms with Crippen molar-refractivity contribution >= 4 is 16.9 Å². The van der Waals surface area contributed by atoms with E-state index in [9.17, 15) is 14.0 Å². The number of carbonyl (C=O) groups is 1. The van der Waals surface area contributed by atoms with Crippen molar-refractivity contribution in [1.82, 2.24) is 0 Å². The molecule has 3 rings (SSSR count). The lowest BCUT2D eigenvalue weighted by Gasteiger charge is -2.14. The van der Waals surface area contributed by atoms with Crippen LogP contribution in [0.5, 0.6) is 5.75 Å². The summed E-state index contributed by atoms with van der Waals surface area (Å²) in [6.45, 7) is 3.54. The van der Waals surface area contributed by atoms with Gasteiger partial charge >= 0.3 is 11.6 Å². The fourth-order valence-corrected chi connectivity index (χ4v) is 2.62. The Morgan fingerprint density at radius 2 is 2.00 bits per heavy atom. The molecule has 134 valence electrons. The van der Waals surface area contributed by atoms with E-state index in [1.807, 2.05) is 0 Å². The largest absolute Gasteiger partial charge is 0.479 e. The van der Waals surface area contributed by atoms with Gasteiger partial charge in [-0.1, -0.05) is 12.1 Å². The summed E-state index contributed by atoms with van der Waals surface area (Å²) in [5.41, 5.74) is 0.842. The molecule has 0 saturated heterocycles. The Balaban J connectivity index is 2.01. The van der Waals surface area contributed by atoms with Crippen molar-refractivity contribution in [3.8, 4) is 16.9 Å². The molecule has 0 amide bonds. The van der Waals surface area contributed by atoms with Crippen molar-refractivity contribution in [2.24, 2.45) is 0 Å². The first-order valence-electron chi connectivity index (χ1n) is 8.15. The molecule has 0 fully saturated rings. The van der Waals surface area contributed by atoms with Crippen LogP contribution in [0.25, 0.3) is 22.1 Å². The summed E-state index contributed by atoms with van der Waals surface area (Å²) in [4.78, 5) is 23.6. The van der Waals surface area contributed by atoms with Crippen molar-refractivity contribution < 1.29 is 23.1 Å². The van der Waals surface area contributed by atoms with Gasteiger partial charge in [0.1, 0.15) is 17.1 Å². The van der Waals surface area contributed by atoms with Crippen LogP contribution in [0.1, 0.15) is 13.8 Å². The summed E-state index contributed by atoms with van der Waals surface area (Å²) in [6, 6.07) is 12.2. The minimum Gasteiger partial charge on any atom is -0.479 e. The number of ether oxygens (including phenoxy) is 2. The molecule has 6 heteroatoms. The van der Waals surface area contributed by atoms with Crippen LogP contribution in [0.15, 0.2) is 57.7 Å². The Morgan fingerprint density at radius 1 is 1.19 bits per heavy atom. The van der Waals surface area contributed by atoms with E-state index in [4.69, 9.17) is 13.9 Å². The summed E-state index contributed by atoms with van der Waals surface area (Å²) in [6.07, 6.45) is -0.800. The third-order valence-electron chi connectivity index (χ3n) is 3.78. The molecular weight excluding hydrogens is 339 g/mol. The van der Waals surface area contributed by atoms with Gasteiger partial charge in [-0.25, -0.2) is 14.0 Å². The topological polar surface area (TPSA) is 65.7 Å². The van der Waals surface area contributed by atoms with Gasteiger partial charge in [0.25, 0.3) is 0 Å². The zero-order valence-corrected chi connectivity index (χ0v) is 14.3. The highest BCUT2D eigenvalue weighted by Gasteiger charge is 2.17.